The molecule has 0 saturated carbocycles. The predicted molar refractivity (Wildman–Crippen MR) is 127 cm³/mol. The molecule has 10 nitrogen and oxygen atoms in total. The maximum atomic E-state index is 12.9. The maximum Gasteiger partial charge on any atom is 0.281 e. The van der Waals surface area contributed by atoms with Crippen molar-refractivity contribution in [1.82, 2.24) is 14.8 Å². The van der Waals surface area contributed by atoms with Gasteiger partial charge in [-0.2, -0.15) is 9.78 Å². The van der Waals surface area contributed by atoms with Gasteiger partial charge in [0.05, 0.1) is 12.8 Å². The number of aromatic hydroxyl groups is 1. The maximum absolute atomic E-state index is 12.9. The number of carbonyl (C=O) groups is 2. The summed E-state index contributed by atoms with van der Waals surface area (Å²) in [5.41, 5.74) is 0.301. The summed E-state index contributed by atoms with van der Waals surface area (Å²) in [7, 11) is 1.44. The van der Waals surface area contributed by atoms with Crippen LogP contribution in [-0.4, -0.2) is 38.8 Å². The van der Waals surface area contributed by atoms with Gasteiger partial charge in [-0.15, -0.1) is 0 Å². The summed E-state index contributed by atoms with van der Waals surface area (Å²) in [5, 5.41) is 19.7. The van der Waals surface area contributed by atoms with Gasteiger partial charge < -0.3 is 15.2 Å². The van der Waals surface area contributed by atoms with Crippen molar-refractivity contribution in [2.45, 2.75) is 6.92 Å². The fourth-order valence-corrected chi connectivity index (χ4v) is 3.97. The van der Waals surface area contributed by atoms with Crippen LogP contribution in [0.3, 0.4) is 0 Å². The van der Waals surface area contributed by atoms with Gasteiger partial charge in [-0.05, 0) is 31.2 Å². The molecule has 2 aromatic carbocycles. The topological polar surface area (TPSA) is 135 Å². The first-order valence-electron chi connectivity index (χ1n) is 9.99. The van der Waals surface area contributed by atoms with Gasteiger partial charge in [-0.3, -0.25) is 19.7 Å². The van der Waals surface area contributed by atoms with Crippen LogP contribution in [0.25, 0.3) is 5.69 Å². The van der Waals surface area contributed by atoms with E-state index >= 15 is 0 Å². The molecule has 0 spiro atoms. The lowest BCUT2D eigenvalue weighted by molar-refractivity contribution is 0.101. The number of thiazole rings is 1. The number of carbonyl (C=O) groups excluding carboxylic acids is 2. The second-order valence-electron chi connectivity index (χ2n) is 7.01. The Bertz CT molecular complexity index is 1430. The minimum atomic E-state index is -0.801. The second kappa shape index (κ2) is 9.55. The first-order valence-corrected chi connectivity index (χ1v) is 10.8. The van der Waals surface area contributed by atoms with Crippen molar-refractivity contribution >= 4 is 34.0 Å². The molecule has 0 radical (unpaired) electrons. The summed E-state index contributed by atoms with van der Waals surface area (Å²) < 4.78 is 6.21. The number of hydrogen-bond acceptors (Lipinski definition) is 8. The lowest BCUT2D eigenvalue weighted by Gasteiger charge is -2.11. The van der Waals surface area contributed by atoms with E-state index in [4.69, 9.17) is 4.74 Å². The smallest absolute Gasteiger partial charge is 0.281 e. The highest BCUT2D eigenvalue weighted by atomic mass is 32.1. The summed E-state index contributed by atoms with van der Waals surface area (Å²) >= 11 is 0.972. The molecule has 34 heavy (non-hydrogen) atoms. The van der Waals surface area contributed by atoms with Crippen LogP contribution in [0.4, 0.5) is 10.8 Å². The highest BCUT2D eigenvalue weighted by molar-refractivity contribution is 7.17. The van der Waals surface area contributed by atoms with Crippen LogP contribution in [-0.2, 0) is 0 Å². The number of nitrogens with one attached hydrogen (secondary N) is 2. The Morgan fingerprint density at radius 3 is 2.47 bits per heavy atom. The van der Waals surface area contributed by atoms with Gasteiger partial charge in [0, 0.05) is 11.8 Å². The lowest BCUT2D eigenvalue weighted by Crippen LogP contribution is -2.25. The zero-order chi connectivity index (χ0) is 24.2. The van der Waals surface area contributed by atoms with Crippen LogP contribution in [0.5, 0.6) is 11.5 Å². The summed E-state index contributed by atoms with van der Waals surface area (Å²) in [5.74, 6) is -1.40. The number of benzene rings is 2. The number of anilines is 2. The number of ether oxygens (including phenoxy) is 1. The molecule has 0 aliphatic rings. The number of aromatic nitrogens is 3. The van der Waals surface area contributed by atoms with Gasteiger partial charge in [-0.1, -0.05) is 41.7 Å². The Hall–Kier alpha value is -4.51. The second-order valence-corrected chi connectivity index (χ2v) is 8.01. The van der Waals surface area contributed by atoms with Crippen LogP contribution >= 0.6 is 11.3 Å². The van der Waals surface area contributed by atoms with Crippen molar-refractivity contribution in [2.24, 2.45) is 0 Å². The number of hydrogen-bond donors (Lipinski definition) is 3. The Balaban J connectivity index is 1.59. The van der Waals surface area contributed by atoms with Gasteiger partial charge >= 0.3 is 0 Å². The van der Waals surface area contributed by atoms with Crippen LogP contribution in [0.15, 0.2) is 65.5 Å². The van der Waals surface area contributed by atoms with E-state index in [1.807, 2.05) is 6.07 Å². The van der Waals surface area contributed by atoms with Crippen LogP contribution < -0.4 is 20.9 Å². The minimum Gasteiger partial charge on any atom is -0.505 e. The SMILES string of the molecule is COc1ccccc1-n1nc(C(=O)Nc2nc(C)c(C(=O)Nc3ccccc3)s2)c(O)cc1=O. The first-order chi connectivity index (χ1) is 16.4. The average Bonchev–Trinajstić information content (AvgIpc) is 3.19. The van der Waals surface area contributed by atoms with Gasteiger partial charge in [-0.25, -0.2) is 4.98 Å². The normalized spacial score (nSPS) is 10.5. The number of nitrogens with zero attached hydrogens (tertiary/aromatic N) is 3. The Morgan fingerprint density at radius 1 is 1.03 bits per heavy atom. The third-order valence-corrected chi connectivity index (χ3v) is 5.77. The molecule has 4 rings (SSSR count). The number of methoxy groups -OCH3 is 1. The van der Waals surface area contributed by atoms with Crippen LogP contribution in [0.2, 0.25) is 0 Å². The number of para-hydroxylation sites is 3. The van der Waals surface area contributed by atoms with Gasteiger partial charge in [0.2, 0.25) is 0 Å². The van der Waals surface area contributed by atoms with E-state index in [1.54, 1.807) is 55.5 Å². The lowest BCUT2D eigenvalue weighted by atomic mass is 10.3. The highest BCUT2D eigenvalue weighted by Crippen LogP contribution is 2.26. The predicted octanol–water partition coefficient (Wildman–Crippen LogP) is 3.22. The fourth-order valence-electron chi connectivity index (χ4n) is 3.11. The van der Waals surface area contributed by atoms with Gasteiger partial charge in [0.15, 0.2) is 16.6 Å². The molecular formula is C23H19N5O5S. The zero-order valence-electron chi connectivity index (χ0n) is 18.1. The summed E-state index contributed by atoms with van der Waals surface area (Å²) in [6.45, 7) is 1.64. The van der Waals surface area contributed by atoms with E-state index in [9.17, 15) is 19.5 Å². The molecule has 172 valence electrons. The van der Waals surface area contributed by atoms with Crippen molar-refractivity contribution in [2.75, 3.05) is 17.7 Å². The fraction of sp³-hybridized carbons (Fsp3) is 0.0870. The van der Waals surface area contributed by atoms with Crippen molar-refractivity contribution in [1.29, 1.82) is 0 Å². The van der Waals surface area contributed by atoms with E-state index < -0.39 is 22.9 Å². The quantitative estimate of drug-likeness (QED) is 0.388. The van der Waals surface area contributed by atoms with E-state index in [1.165, 1.54) is 7.11 Å². The zero-order valence-corrected chi connectivity index (χ0v) is 18.9. The summed E-state index contributed by atoms with van der Waals surface area (Å²) in [6, 6.07) is 16.4. The third kappa shape index (κ3) is 4.64. The third-order valence-electron chi connectivity index (χ3n) is 4.69. The molecule has 2 aromatic heterocycles. The molecule has 0 bridgehead atoms. The Kier molecular flexibility index (Phi) is 6.37. The molecule has 0 saturated heterocycles. The number of amides is 2. The molecule has 0 atom stereocenters. The summed E-state index contributed by atoms with van der Waals surface area (Å²) in [4.78, 5) is 42.4. The monoisotopic (exact) mass is 477 g/mol. The van der Waals surface area contributed by atoms with E-state index in [0.29, 0.717) is 27.7 Å². The molecule has 3 N–H and O–H groups in total. The largest absolute Gasteiger partial charge is 0.505 e. The number of aryl methyl sites for hydroxylation is 1. The van der Waals surface area contributed by atoms with E-state index in [2.05, 4.69) is 20.7 Å². The Morgan fingerprint density at radius 2 is 1.74 bits per heavy atom. The average molecular weight is 478 g/mol. The van der Waals surface area contributed by atoms with Crippen molar-refractivity contribution in [3.05, 3.63) is 87.3 Å². The van der Waals surface area contributed by atoms with Crippen molar-refractivity contribution in [3.63, 3.8) is 0 Å². The first kappa shape index (κ1) is 22.7. The van der Waals surface area contributed by atoms with E-state index in [-0.39, 0.29) is 11.0 Å². The molecule has 0 aliphatic heterocycles. The summed E-state index contributed by atoms with van der Waals surface area (Å²) in [6.07, 6.45) is 0. The van der Waals surface area contributed by atoms with Crippen LogP contribution in [0, 0.1) is 6.92 Å². The van der Waals surface area contributed by atoms with E-state index in [0.717, 1.165) is 22.1 Å². The van der Waals surface area contributed by atoms with Crippen molar-refractivity contribution in [3.8, 4) is 17.2 Å². The molecule has 0 aliphatic carbocycles. The number of rotatable bonds is 6. The van der Waals surface area contributed by atoms with Crippen LogP contribution in [0.1, 0.15) is 25.9 Å². The molecule has 4 aromatic rings. The standard InChI is InChI=1S/C23H19N5O5S/c1-13-20(22(32)25-14-8-4-3-5-9-14)34-23(24-13)26-21(31)19-16(29)12-18(30)28(27-19)15-10-6-7-11-17(15)33-2/h3-12,29H,1-2H3,(H,25,32)(H,24,26,31). The Labute approximate surface area is 197 Å². The molecule has 2 heterocycles. The highest BCUT2D eigenvalue weighted by Gasteiger charge is 2.21. The van der Waals surface area contributed by atoms with Gasteiger partial charge in [0.1, 0.15) is 16.3 Å². The minimum absolute atomic E-state index is 0.136. The van der Waals surface area contributed by atoms with Crippen molar-refractivity contribution < 1.29 is 19.4 Å². The molecule has 0 fully saturated rings. The molecule has 11 heteroatoms. The van der Waals surface area contributed by atoms with Gasteiger partial charge in [0.25, 0.3) is 17.4 Å². The molecular weight excluding hydrogens is 458 g/mol. The molecule has 0 unspecified atom stereocenters. The molecule has 2 amide bonds.